The summed E-state index contributed by atoms with van der Waals surface area (Å²) >= 11 is 4.83. The Morgan fingerprint density at radius 3 is 2.83 bits per heavy atom. The highest BCUT2D eigenvalue weighted by atomic mass is 79.9. The molecule has 0 atom stereocenters. The normalized spacial score (nSPS) is 11.2. The molecule has 0 spiro atoms. The van der Waals surface area contributed by atoms with E-state index in [0.29, 0.717) is 45.8 Å². The summed E-state index contributed by atoms with van der Waals surface area (Å²) in [5, 5.41) is 5.30. The van der Waals surface area contributed by atoms with Gasteiger partial charge in [0.25, 0.3) is 5.56 Å². The molecule has 0 saturated carbocycles. The third kappa shape index (κ3) is 4.13. The lowest BCUT2D eigenvalue weighted by molar-refractivity contribution is 0.390. The molecule has 0 N–H and O–H groups in total. The van der Waals surface area contributed by atoms with Crippen molar-refractivity contribution >= 4 is 38.6 Å². The maximum atomic E-state index is 13.0. The van der Waals surface area contributed by atoms with Crippen LogP contribution in [-0.4, -0.2) is 26.8 Å². The van der Waals surface area contributed by atoms with Gasteiger partial charge in [-0.15, -0.1) is 0 Å². The molecule has 9 heteroatoms. The summed E-state index contributed by atoms with van der Waals surface area (Å²) in [6.07, 6.45) is 0.827. The number of benzene rings is 2. The van der Waals surface area contributed by atoms with Crippen molar-refractivity contribution < 1.29 is 9.26 Å². The van der Waals surface area contributed by atoms with Gasteiger partial charge >= 0.3 is 0 Å². The Morgan fingerprint density at radius 1 is 1.20 bits per heavy atom. The van der Waals surface area contributed by atoms with Gasteiger partial charge in [-0.05, 0) is 36.8 Å². The number of aromatic nitrogens is 4. The summed E-state index contributed by atoms with van der Waals surface area (Å²) < 4.78 is 13.3. The number of hydrogen-bond donors (Lipinski definition) is 0. The topological polar surface area (TPSA) is 83.0 Å². The van der Waals surface area contributed by atoms with Gasteiger partial charge in [0.05, 0.1) is 29.3 Å². The summed E-state index contributed by atoms with van der Waals surface area (Å²) in [5.74, 6) is 2.00. The summed E-state index contributed by atoms with van der Waals surface area (Å²) in [4.78, 5) is 22.2. The van der Waals surface area contributed by atoms with Gasteiger partial charge in [0, 0.05) is 11.0 Å². The molecule has 0 bridgehead atoms. The molecular weight excluding hydrogens is 468 g/mol. The Bertz CT molecular complexity index is 1250. The van der Waals surface area contributed by atoms with Gasteiger partial charge in [-0.1, -0.05) is 51.9 Å². The largest absolute Gasteiger partial charge is 0.496 e. The number of hydrogen-bond acceptors (Lipinski definition) is 7. The van der Waals surface area contributed by atoms with Gasteiger partial charge in [0.1, 0.15) is 5.75 Å². The monoisotopic (exact) mass is 486 g/mol. The number of halogens is 1. The lowest BCUT2D eigenvalue weighted by atomic mass is 10.2. The van der Waals surface area contributed by atoms with Crippen LogP contribution >= 0.6 is 27.7 Å². The van der Waals surface area contributed by atoms with E-state index in [2.05, 4.69) is 26.1 Å². The van der Waals surface area contributed by atoms with Crippen LogP contribution in [0.5, 0.6) is 5.75 Å². The number of nitrogens with zero attached hydrogens (tertiary/aromatic N) is 4. The Hall–Kier alpha value is -2.65. The average molecular weight is 487 g/mol. The average Bonchev–Trinajstić information content (AvgIpc) is 3.24. The molecule has 0 aliphatic rings. The van der Waals surface area contributed by atoms with Gasteiger partial charge in [-0.3, -0.25) is 9.36 Å². The fraction of sp³-hybridized carbons (Fsp3) is 0.238. The molecule has 0 radical (unpaired) electrons. The summed E-state index contributed by atoms with van der Waals surface area (Å²) in [6, 6.07) is 13.0. The Labute approximate surface area is 185 Å². The van der Waals surface area contributed by atoms with Crippen LogP contribution in [0.3, 0.4) is 0 Å². The first kappa shape index (κ1) is 20.6. The van der Waals surface area contributed by atoms with Crippen molar-refractivity contribution in [1.82, 2.24) is 19.7 Å². The van der Waals surface area contributed by atoms with E-state index < -0.39 is 0 Å². The summed E-state index contributed by atoms with van der Waals surface area (Å²) in [7, 11) is 1.60. The molecule has 0 aliphatic carbocycles. The highest BCUT2D eigenvalue weighted by Crippen LogP contribution is 2.29. The minimum atomic E-state index is -0.0501. The molecule has 30 heavy (non-hydrogen) atoms. The van der Waals surface area contributed by atoms with Crippen molar-refractivity contribution in [2.24, 2.45) is 0 Å². The number of rotatable bonds is 7. The van der Waals surface area contributed by atoms with Gasteiger partial charge < -0.3 is 9.26 Å². The molecule has 2 aromatic heterocycles. The van der Waals surface area contributed by atoms with E-state index in [0.717, 1.165) is 16.5 Å². The van der Waals surface area contributed by atoms with Crippen molar-refractivity contribution in [1.29, 1.82) is 0 Å². The maximum absolute atomic E-state index is 13.0. The van der Waals surface area contributed by atoms with E-state index in [1.54, 1.807) is 11.7 Å². The minimum Gasteiger partial charge on any atom is -0.496 e. The molecule has 7 nitrogen and oxygen atoms in total. The van der Waals surface area contributed by atoms with Crippen molar-refractivity contribution in [3.8, 4) is 17.1 Å². The number of fused-ring (bicyclic) bond motifs is 1. The number of thioether (sulfide) groups is 1. The highest BCUT2D eigenvalue weighted by Gasteiger charge is 2.16. The zero-order valence-corrected chi connectivity index (χ0v) is 18.9. The maximum Gasteiger partial charge on any atom is 0.262 e. The summed E-state index contributed by atoms with van der Waals surface area (Å²) in [6.45, 7) is 2.62. The second kappa shape index (κ2) is 9.01. The molecule has 4 rings (SSSR count). The second-order valence-electron chi connectivity index (χ2n) is 6.51. The predicted octanol–water partition coefficient (Wildman–Crippen LogP) is 4.92. The molecule has 2 heterocycles. The molecule has 0 aliphatic heterocycles. The van der Waals surface area contributed by atoms with E-state index in [-0.39, 0.29) is 5.56 Å². The Balaban J connectivity index is 1.62. The molecule has 4 aromatic rings. The third-order valence-electron chi connectivity index (χ3n) is 4.47. The molecule has 154 valence electrons. The van der Waals surface area contributed by atoms with E-state index in [1.165, 1.54) is 11.8 Å². The lowest BCUT2D eigenvalue weighted by Crippen LogP contribution is -2.23. The van der Waals surface area contributed by atoms with Crippen molar-refractivity contribution in [2.45, 2.75) is 30.8 Å². The molecular formula is C21H19BrN4O3S. The minimum absolute atomic E-state index is 0.0501. The van der Waals surface area contributed by atoms with Crippen molar-refractivity contribution in [2.75, 3.05) is 7.11 Å². The third-order valence-corrected chi connectivity index (χ3v) is 5.92. The summed E-state index contributed by atoms with van der Waals surface area (Å²) in [5.41, 5.74) is 1.38. The molecule has 0 fully saturated rings. The van der Waals surface area contributed by atoms with E-state index in [4.69, 9.17) is 14.2 Å². The smallest absolute Gasteiger partial charge is 0.262 e. The van der Waals surface area contributed by atoms with Crippen LogP contribution in [0.15, 0.2) is 61.4 Å². The van der Waals surface area contributed by atoms with Gasteiger partial charge in [-0.2, -0.15) is 4.98 Å². The zero-order valence-electron chi connectivity index (χ0n) is 16.5. The lowest BCUT2D eigenvalue weighted by Gasteiger charge is -2.11. The van der Waals surface area contributed by atoms with Crippen LogP contribution in [0.2, 0.25) is 0 Å². The first-order valence-electron chi connectivity index (χ1n) is 9.39. The molecule has 0 amide bonds. The quantitative estimate of drug-likeness (QED) is 0.270. The fourth-order valence-electron chi connectivity index (χ4n) is 3.08. The van der Waals surface area contributed by atoms with Crippen LogP contribution in [0, 0.1) is 0 Å². The van der Waals surface area contributed by atoms with Crippen molar-refractivity contribution in [3.05, 3.63) is 63.2 Å². The van der Waals surface area contributed by atoms with Crippen molar-refractivity contribution in [3.63, 3.8) is 0 Å². The van der Waals surface area contributed by atoms with E-state index in [9.17, 15) is 4.79 Å². The second-order valence-corrected chi connectivity index (χ2v) is 8.37. The SMILES string of the molecule is CCCn1c(SCc2nc(-c3ccccc3OC)no2)nc2ccc(Br)cc2c1=O. The predicted molar refractivity (Wildman–Crippen MR) is 120 cm³/mol. The van der Waals surface area contributed by atoms with Crippen LogP contribution in [0.25, 0.3) is 22.3 Å². The Morgan fingerprint density at radius 2 is 2.03 bits per heavy atom. The highest BCUT2D eigenvalue weighted by molar-refractivity contribution is 9.10. The molecule has 0 unspecified atom stereocenters. The van der Waals surface area contributed by atoms with Crippen LogP contribution in [0.4, 0.5) is 0 Å². The van der Waals surface area contributed by atoms with Crippen LogP contribution in [-0.2, 0) is 12.3 Å². The van der Waals surface area contributed by atoms with Crippen LogP contribution in [0.1, 0.15) is 19.2 Å². The number of para-hydroxylation sites is 1. The molecule has 2 aromatic carbocycles. The van der Waals surface area contributed by atoms with Gasteiger partial charge in [0.15, 0.2) is 5.16 Å². The number of methoxy groups -OCH3 is 1. The first-order chi connectivity index (χ1) is 14.6. The Kier molecular flexibility index (Phi) is 6.19. The zero-order chi connectivity index (χ0) is 21.1. The standard InChI is InChI=1S/C21H19BrN4O3S/c1-3-10-26-20(27)15-11-13(22)8-9-16(15)23-21(26)30-12-18-24-19(25-29-18)14-6-4-5-7-17(14)28-2/h4-9,11H,3,10,12H2,1-2H3. The fourth-order valence-corrected chi connectivity index (χ4v) is 4.31. The van der Waals surface area contributed by atoms with Gasteiger partial charge in [0.2, 0.25) is 11.7 Å². The molecule has 0 saturated heterocycles. The number of ether oxygens (including phenoxy) is 1. The van der Waals surface area contributed by atoms with Crippen LogP contribution < -0.4 is 10.3 Å². The van der Waals surface area contributed by atoms with E-state index in [1.807, 2.05) is 49.4 Å². The van der Waals surface area contributed by atoms with Gasteiger partial charge in [-0.25, -0.2) is 4.98 Å². The first-order valence-corrected chi connectivity index (χ1v) is 11.2. The van der Waals surface area contributed by atoms with E-state index >= 15 is 0 Å².